The second-order valence-corrected chi connectivity index (χ2v) is 9.13. The average molecular weight is 402 g/mol. The maximum Gasteiger partial charge on any atom is 0.178 e. The zero-order valence-electron chi connectivity index (χ0n) is 16.8. The number of sulfone groups is 1. The first-order chi connectivity index (χ1) is 13.5. The van der Waals surface area contributed by atoms with Crippen molar-refractivity contribution < 1.29 is 13.5 Å². The topological polar surface area (TPSA) is 57.6 Å². The highest BCUT2D eigenvalue weighted by Gasteiger charge is 2.13. The van der Waals surface area contributed by atoms with Crippen LogP contribution in [0.1, 0.15) is 43.7 Å². The third-order valence-electron chi connectivity index (χ3n) is 4.74. The molecule has 0 aromatic heterocycles. The summed E-state index contributed by atoms with van der Waals surface area (Å²) in [4.78, 5) is 2.40. The van der Waals surface area contributed by atoms with Crippen LogP contribution in [0.2, 0.25) is 0 Å². The lowest BCUT2D eigenvalue weighted by molar-refractivity contribution is 0.304. The van der Waals surface area contributed by atoms with E-state index in [9.17, 15) is 8.42 Å². The standard InChI is InChI=1S/C23H31NO3S/c1-3-4-5-6-19-28(26,27)23-15-11-21(12-16-23)8-7-20-9-13-22(14-10-20)24(2)17-18-25/h7-16,25H,3-6,17-19H2,1-2H3/b8-7+. The smallest absolute Gasteiger partial charge is 0.178 e. The van der Waals surface area contributed by atoms with Crippen molar-refractivity contribution in [3.63, 3.8) is 0 Å². The maximum atomic E-state index is 12.4. The molecule has 0 spiro atoms. The van der Waals surface area contributed by atoms with Crippen LogP contribution >= 0.6 is 0 Å². The number of hydrogen-bond acceptors (Lipinski definition) is 4. The highest BCUT2D eigenvalue weighted by molar-refractivity contribution is 7.91. The fraction of sp³-hybridized carbons (Fsp3) is 0.391. The van der Waals surface area contributed by atoms with Crippen LogP contribution < -0.4 is 4.90 Å². The number of aliphatic hydroxyl groups excluding tert-OH is 1. The molecule has 0 saturated carbocycles. The van der Waals surface area contributed by atoms with Gasteiger partial charge in [-0.2, -0.15) is 0 Å². The number of aliphatic hydroxyl groups is 1. The molecule has 0 atom stereocenters. The molecule has 28 heavy (non-hydrogen) atoms. The van der Waals surface area contributed by atoms with Gasteiger partial charge in [0.25, 0.3) is 0 Å². The van der Waals surface area contributed by atoms with Crippen LogP contribution in [0.15, 0.2) is 53.4 Å². The number of benzene rings is 2. The van der Waals surface area contributed by atoms with Crippen molar-refractivity contribution in [1.29, 1.82) is 0 Å². The molecule has 2 aromatic rings. The SMILES string of the molecule is CCCCCCS(=O)(=O)c1ccc(/C=C/c2ccc(N(C)CCO)cc2)cc1. The van der Waals surface area contributed by atoms with Gasteiger partial charge >= 0.3 is 0 Å². The molecule has 2 aromatic carbocycles. The molecule has 0 fully saturated rings. The van der Waals surface area contributed by atoms with Crippen molar-refractivity contribution in [3.05, 3.63) is 59.7 Å². The van der Waals surface area contributed by atoms with Crippen molar-refractivity contribution in [2.24, 2.45) is 0 Å². The number of unbranched alkanes of at least 4 members (excludes halogenated alkanes) is 3. The van der Waals surface area contributed by atoms with Crippen molar-refractivity contribution >= 4 is 27.7 Å². The Morgan fingerprint density at radius 1 is 0.893 bits per heavy atom. The maximum absolute atomic E-state index is 12.4. The van der Waals surface area contributed by atoms with Crippen LogP contribution in [0.3, 0.4) is 0 Å². The summed E-state index contributed by atoms with van der Waals surface area (Å²) in [5, 5.41) is 9.01. The summed E-state index contributed by atoms with van der Waals surface area (Å²) in [6.45, 7) is 2.84. The molecule has 0 heterocycles. The molecular weight excluding hydrogens is 370 g/mol. The van der Waals surface area contributed by atoms with E-state index in [-0.39, 0.29) is 12.4 Å². The summed E-state index contributed by atoms with van der Waals surface area (Å²) >= 11 is 0. The van der Waals surface area contributed by atoms with Crippen molar-refractivity contribution in [2.75, 3.05) is 30.9 Å². The predicted molar refractivity (Wildman–Crippen MR) is 118 cm³/mol. The molecule has 0 aliphatic carbocycles. The Balaban J connectivity index is 1.98. The Kier molecular flexibility index (Phi) is 8.74. The van der Waals surface area contributed by atoms with Gasteiger partial charge in [-0.05, 0) is 41.8 Å². The first-order valence-electron chi connectivity index (χ1n) is 9.89. The van der Waals surface area contributed by atoms with Crippen LogP contribution in [0.4, 0.5) is 5.69 Å². The van der Waals surface area contributed by atoms with Crippen LogP contribution in [0.5, 0.6) is 0 Å². The summed E-state index contributed by atoms with van der Waals surface area (Å²) in [5.41, 5.74) is 3.08. The fourth-order valence-electron chi connectivity index (χ4n) is 2.93. The second kappa shape index (κ2) is 11.0. The lowest BCUT2D eigenvalue weighted by atomic mass is 10.1. The van der Waals surface area contributed by atoms with E-state index in [0.717, 1.165) is 42.5 Å². The molecule has 1 N–H and O–H groups in total. The molecule has 152 valence electrons. The van der Waals surface area contributed by atoms with Gasteiger partial charge in [-0.25, -0.2) is 8.42 Å². The van der Waals surface area contributed by atoms with Gasteiger partial charge in [-0.15, -0.1) is 0 Å². The van der Waals surface area contributed by atoms with Crippen molar-refractivity contribution in [3.8, 4) is 0 Å². The molecule has 0 amide bonds. The van der Waals surface area contributed by atoms with E-state index in [0.29, 0.717) is 11.4 Å². The lowest BCUT2D eigenvalue weighted by Gasteiger charge is -2.17. The van der Waals surface area contributed by atoms with Gasteiger partial charge < -0.3 is 10.0 Å². The summed E-state index contributed by atoms with van der Waals surface area (Å²) < 4.78 is 24.8. The van der Waals surface area contributed by atoms with Crippen molar-refractivity contribution in [2.45, 2.75) is 37.5 Å². The van der Waals surface area contributed by atoms with Gasteiger partial charge in [0.05, 0.1) is 17.3 Å². The van der Waals surface area contributed by atoms with Gasteiger partial charge in [-0.3, -0.25) is 0 Å². The van der Waals surface area contributed by atoms with Gasteiger partial charge in [0.15, 0.2) is 9.84 Å². The molecule has 0 bridgehead atoms. The average Bonchev–Trinajstić information content (AvgIpc) is 2.70. The van der Waals surface area contributed by atoms with E-state index in [1.165, 1.54) is 0 Å². The number of hydrogen-bond donors (Lipinski definition) is 1. The molecule has 0 saturated heterocycles. The molecule has 5 heteroatoms. The number of anilines is 1. The molecule has 4 nitrogen and oxygen atoms in total. The van der Waals surface area contributed by atoms with E-state index in [1.807, 2.05) is 60.5 Å². The third-order valence-corrected chi connectivity index (χ3v) is 6.56. The number of rotatable bonds is 11. The Morgan fingerprint density at radius 2 is 1.46 bits per heavy atom. The van der Waals surface area contributed by atoms with Crippen LogP contribution in [0, 0.1) is 0 Å². The quantitative estimate of drug-likeness (QED) is 0.440. The summed E-state index contributed by atoms with van der Waals surface area (Å²) in [5.74, 6) is 0.221. The van der Waals surface area contributed by atoms with Gasteiger partial charge in [-0.1, -0.05) is 62.6 Å². The van der Waals surface area contributed by atoms with Gasteiger partial charge in [0, 0.05) is 19.3 Å². The predicted octanol–water partition coefficient (Wildman–Crippen LogP) is 4.64. The van der Waals surface area contributed by atoms with E-state index in [2.05, 4.69) is 6.92 Å². The van der Waals surface area contributed by atoms with Crippen LogP contribution in [-0.2, 0) is 9.84 Å². The van der Waals surface area contributed by atoms with E-state index < -0.39 is 9.84 Å². The summed E-state index contributed by atoms with van der Waals surface area (Å²) in [7, 11) is -1.24. The lowest BCUT2D eigenvalue weighted by Crippen LogP contribution is -2.20. The minimum absolute atomic E-state index is 0.128. The second-order valence-electron chi connectivity index (χ2n) is 7.02. The first kappa shape index (κ1) is 22.2. The van der Waals surface area contributed by atoms with Gasteiger partial charge in [0.2, 0.25) is 0 Å². The fourth-order valence-corrected chi connectivity index (χ4v) is 4.31. The van der Waals surface area contributed by atoms with Gasteiger partial charge in [0.1, 0.15) is 0 Å². The van der Waals surface area contributed by atoms with E-state index in [4.69, 9.17) is 5.11 Å². The normalized spacial score (nSPS) is 11.8. The number of nitrogens with zero attached hydrogens (tertiary/aromatic N) is 1. The summed E-state index contributed by atoms with van der Waals surface area (Å²) in [6.07, 6.45) is 7.85. The zero-order valence-corrected chi connectivity index (χ0v) is 17.7. The molecule has 0 aliphatic heterocycles. The highest BCUT2D eigenvalue weighted by Crippen LogP contribution is 2.18. The first-order valence-corrected chi connectivity index (χ1v) is 11.5. The van der Waals surface area contributed by atoms with Crippen LogP contribution in [0.25, 0.3) is 12.2 Å². The molecule has 0 unspecified atom stereocenters. The Morgan fingerprint density at radius 3 is 2.00 bits per heavy atom. The minimum Gasteiger partial charge on any atom is -0.395 e. The minimum atomic E-state index is -3.19. The summed E-state index contributed by atoms with van der Waals surface area (Å²) in [6, 6.07) is 15.2. The monoisotopic (exact) mass is 401 g/mol. The molecule has 0 radical (unpaired) electrons. The molecular formula is C23H31NO3S. The van der Waals surface area contributed by atoms with Crippen molar-refractivity contribution in [1.82, 2.24) is 0 Å². The molecule has 0 aliphatic rings. The zero-order chi connectivity index (χ0) is 20.4. The Hall–Kier alpha value is -2.11. The van der Waals surface area contributed by atoms with E-state index >= 15 is 0 Å². The molecule has 2 rings (SSSR count). The van der Waals surface area contributed by atoms with Crippen LogP contribution in [-0.4, -0.2) is 39.5 Å². The largest absolute Gasteiger partial charge is 0.395 e. The Labute approximate surface area is 169 Å². The third kappa shape index (κ3) is 6.80. The highest BCUT2D eigenvalue weighted by atomic mass is 32.2. The van der Waals surface area contributed by atoms with E-state index in [1.54, 1.807) is 12.1 Å². The Bertz CT molecular complexity index is 840. The number of likely N-dealkylation sites (N-methyl/N-ethyl adjacent to an activating group) is 1.